The van der Waals surface area contributed by atoms with Gasteiger partial charge in [0.05, 0.1) is 19.9 Å². The Bertz CT molecular complexity index is 593. The number of carbonyl (C=O) groups is 1. The molecule has 0 saturated heterocycles. The van der Waals surface area contributed by atoms with Crippen molar-refractivity contribution in [3.63, 3.8) is 0 Å². The Morgan fingerprint density at radius 1 is 1.38 bits per heavy atom. The van der Waals surface area contributed by atoms with Crippen molar-refractivity contribution in [1.82, 2.24) is 19.7 Å². The minimum atomic E-state index is -0.0175. The third-order valence-corrected chi connectivity index (χ3v) is 3.14. The molecule has 0 unspecified atom stereocenters. The molecule has 0 N–H and O–H groups in total. The highest BCUT2D eigenvalue weighted by atomic mass is 16.5. The lowest BCUT2D eigenvalue weighted by Crippen LogP contribution is -2.22. The fourth-order valence-corrected chi connectivity index (χ4v) is 2.04. The van der Waals surface area contributed by atoms with Crippen LogP contribution in [0.5, 0.6) is 5.75 Å². The highest BCUT2D eigenvalue weighted by Crippen LogP contribution is 2.19. The molecular weight excluding hydrogens is 268 g/mol. The van der Waals surface area contributed by atoms with E-state index in [0.717, 1.165) is 12.1 Å². The van der Waals surface area contributed by atoms with Crippen LogP contribution in [0.15, 0.2) is 30.7 Å². The number of hydrogen-bond donors (Lipinski definition) is 0. The summed E-state index contributed by atoms with van der Waals surface area (Å²) < 4.78 is 6.96. The van der Waals surface area contributed by atoms with Crippen molar-refractivity contribution in [3.8, 4) is 5.75 Å². The summed E-state index contributed by atoms with van der Waals surface area (Å²) in [5, 5.41) is 4.25. The van der Waals surface area contributed by atoms with Crippen LogP contribution in [0.2, 0.25) is 0 Å². The Balaban J connectivity index is 2.20. The Labute approximate surface area is 124 Å². The summed E-state index contributed by atoms with van der Waals surface area (Å²) in [5.74, 6) is 0.499. The van der Waals surface area contributed by atoms with Gasteiger partial charge in [-0.05, 0) is 25.7 Å². The largest absolute Gasteiger partial charge is 0.493 e. The van der Waals surface area contributed by atoms with E-state index in [1.54, 1.807) is 30.4 Å². The summed E-state index contributed by atoms with van der Waals surface area (Å²) in [6.45, 7) is 1.45. The highest BCUT2D eigenvalue weighted by molar-refractivity contribution is 5.98. The molecular formula is C15H20N4O2. The predicted octanol–water partition coefficient (Wildman–Crippen LogP) is 1.27. The normalized spacial score (nSPS) is 10.9. The zero-order valence-electron chi connectivity index (χ0n) is 12.6. The smallest absolute Gasteiger partial charge is 0.189 e. The van der Waals surface area contributed by atoms with Crippen molar-refractivity contribution in [3.05, 3.63) is 42.0 Å². The first-order valence-corrected chi connectivity index (χ1v) is 6.78. The summed E-state index contributed by atoms with van der Waals surface area (Å²) in [5.41, 5.74) is 1.40. The molecule has 0 aromatic carbocycles. The van der Waals surface area contributed by atoms with E-state index in [2.05, 4.69) is 10.1 Å². The van der Waals surface area contributed by atoms with Gasteiger partial charge in [0.25, 0.3) is 0 Å². The quantitative estimate of drug-likeness (QED) is 0.718. The van der Waals surface area contributed by atoms with Gasteiger partial charge in [0.1, 0.15) is 5.69 Å². The number of ether oxygens (including phenoxy) is 1. The summed E-state index contributed by atoms with van der Waals surface area (Å²) in [6.07, 6.45) is 5.27. The van der Waals surface area contributed by atoms with E-state index in [1.807, 2.05) is 31.1 Å². The number of hydrogen-bond acceptors (Lipinski definition) is 5. The second-order valence-electron chi connectivity index (χ2n) is 5.05. The monoisotopic (exact) mass is 288 g/mol. The SMILES string of the molecule is COc1cnn(CCN(C)C)c1C(=O)Cc1cccnc1. The molecule has 2 aromatic heterocycles. The van der Waals surface area contributed by atoms with Crippen LogP contribution in [0, 0.1) is 0 Å². The molecule has 6 heteroatoms. The van der Waals surface area contributed by atoms with Crippen LogP contribution in [0.4, 0.5) is 0 Å². The minimum absolute atomic E-state index is 0.0175. The number of ketones is 1. The number of methoxy groups -OCH3 is 1. The summed E-state index contributed by atoms with van der Waals surface area (Å²) in [6, 6.07) is 3.71. The molecule has 0 amide bonds. The van der Waals surface area contributed by atoms with Crippen molar-refractivity contribution in [2.75, 3.05) is 27.7 Å². The average Bonchev–Trinajstić information content (AvgIpc) is 2.89. The Morgan fingerprint density at radius 2 is 2.19 bits per heavy atom. The number of nitrogens with zero attached hydrogens (tertiary/aromatic N) is 4. The van der Waals surface area contributed by atoms with Gasteiger partial charge in [-0.3, -0.25) is 14.5 Å². The highest BCUT2D eigenvalue weighted by Gasteiger charge is 2.19. The van der Waals surface area contributed by atoms with Gasteiger partial charge in [0.2, 0.25) is 0 Å². The van der Waals surface area contributed by atoms with E-state index < -0.39 is 0 Å². The van der Waals surface area contributed by atoms with E-state index in [0.29, 0.717) is 18.0 Å². The molecule has 2 aromatic rings. The van der Waals surface area contributed by atoms with Crippen LogP contribution in [0.3, 0.4) is 0 Å². The van der Waals surface area contributed by atoms with E-state index >= 15 is 0 Å². The van der Waals surface area contributed by atoms with Crippen LogP contribution >= 0.6 is 0 Å². The molecule has 6 nitrogen and oxygen atoms in total. The first kappa shape index (κ1) is 15.2. The van der Waals surface area contributed by atoms with Crippen LogP contribution in [0.1, 0.15) is 16.1 Å². The van der Waals surface area contributed by atoms with Crippen molar-refractivity contribution in [1.29, 1.82) is 0 Å². The number of pyridine rings is 1. The Morgan fingerprint density at radius 3 is 2.81 bits per heavy atom. The zero-order valence-corrected chi connectivity index (χ0v) is 12.6. The molecule has 0 aliphatic heterocycles. The van der Waals surface area contributed by atoms with Crippen molar-refractivity contribution < 1.29 is 9.53 Å². The van der Waals surface area contributed by atoms with Crippen LogP contribution in [0.25, 0.3) is 0 Å². The third kappa shape index (κ3) is 3.88. The molecule has 112 valence electrons. The summed E-state index contributed by atoms with van der Waals surface area (Å²) in [4.78, 5) is 18.6. The average molecular weight is 288 g/mol. The lowest BCUT2D eigenvalue weighted by molar-refractivity contribution is 0.0978. The molecule has 0 aliphatic rings. The maximum Gasteiger partial charge on any atom is 0.189 e. The second-order valence-corrected chi connectivity index (χ2v) is 5.05. The topological polar surface area (TPSA) is 60.2 Å². The zero-order chi connectivity index (χ0) is 15.2. The molecule has 0 spiro atoms. The lowest BCUT2D eigenvalue weighted by Gasteiger charge is -2.12. The molecule has 0 bridgehead atoms. The molecule has 0 saturated carbocycles. The van der Waals surface area contributed by atoms with Gasteiger partial charge in [0.15, 0.2) is 11.5 Å². The van der Waals surface area contributed by atoms with E-state index in [-0.39, 0.29) is 12.2 Å². The summed E-state index contributed by atoms with van der Waals surface area (Å²) in [7, 11) is 5.52. The van der Waals surface area contributed by atoms with Crippen molar-refractivity contribution in [2.45, 2.75) is 13.0 Å². The molecule has 0 atom stereocenters. The van der Waals surface area contributed by atoms with Crippen LogP contribution in [-0.2, 0) is 13.0 Å². The second kappa shape index (κ2) is 6.99. The molecule has 21 heavy (non-hydrogen) atoms. The summed E-state index contributed by atoms with van der Waals surface area (Å²) >= 11 is 0. The van der Waals surface area contributed by atoms with Crippen LogP contribution in [-0.4, -0.2) is 53.2 Å². The van der Waals surface area contributed by atoms with Gasteiger partial charge in [-0.25, -0.2) is 0 Å². The first-order chi connectivity index (χ1) is 10.1. The number of aromatic nitrogens is 3. The number of carbonyl (C=O) groups excluding carboxylic acids is 1. The predicted molar refractivity (Wildman–Crippen MR) is 79.6 cm³/mol. The molecule has 2 rings (SSSR count). The van der Waals surface area contributed by atoms with Gasteiger partial charge in [-0.15, -0.1) is 0 Å². The first-order valence-electron chi connectivity index (χ1n) is 6.78. The standard InChI is InChI=1S/C15H20N4O2/c1-18(2)7-8-19-15(14(21-3)11-17-19)13(20)9-12-5-4-6-16-10-12/h4-6,10-11H,7-9H2,1-3H3. The van der Waals surface area contributed by atoms with Crippen molar-refractivity contribution >= 4 is 5.78 Å². The lowest BCUT2D eigenvalue weighted by atomic mass is 10.1. The van der Waals surface area contributed by atoms with Crippen molar-refractivity contribution in [2.24, 2.45) is 0 Å². The Kier molecular flexibility index (Phi) is 5.05. The van der Waals surface area contributed by atoms with Gasteiger partial charge in [-0.2, -0.15) is 5.10 Å². The fourth-order valence-electron chi connectivity index (χ4n) is 2.04. The molecule has 0 fully saturated rings. The van der Waals surface area contributed by atoms with Gasteiger partial charge < -0.3 is 9.64 Å². The number of rotatable bonds is 7. The molecule has 2 heterocycles. The van der Waals surface area contributed by atoms with Gasteiger partial charge in [-0.1, -0.05) is 6.07 Å². The molecule has 0 radical (unpaired) electrons. The van der Waals surface area contributed by atoms with Gasteiger partial charge >= 0.3 is 0 Å². The maximum absolute atomic E-state index is 12.5. The number of Topliss-reactive ketones (excluding diaryl/α,β-unsaturated/α-hetero) is 1. The fraction of sp³-hybridized carbons (Fsp3) is 0.400. The maximum atomic E-state index is 12.5. The van der Waals surface area contributed by atoms with E-state index in [4.69, 9.17) is 4.74 Å². The van der Waals surface area contributed by atoms with E-state index in [9.17, 15) is 4.79 Å². The third-order valence-electron chi connectivity index (χ3n) is 3.14. The van der Waals surface area contributed by atoms with E-state index in [1.165, 1.54) is 0 Å². The van der Waals surface area contributed by atoms with Gasteiger partial charge in [0, 0.05) is 25.4 Å². The van der Waals surface area contributed by atoms with Crippen LogP contribution < -0.4 is 4.74 Å². The Hall–Kier alpha value is -2.21. The molecule has 0 aliphatic carbocycles. The minimum Gasteiger partial charge on any atom is -0.493 e. The number of likely N-dealkylation sites (N-methyl/N-ethyl adjacent to an activating group) is 1.